The Morgan fingerprint density at radius 2 is 2.25 bits per heavy atom. The van der Waals surface area contributed by atoms with Gasteiger partial charge in [-0.15, -0.1) is 0 Å². The molecule has 1 atom stereocenters. The van der Waals surface area contributed by atoms with Crippen molar-refractivity contribution >= 4 is 23.2 Å². The number of hydrogen-bond donors (Lipinski definition) is 2. The van der Waals surface area contributed by atoms with E-state index in [1.54, 1.807) is 0 Å². The Morgan fingerprint density at radius 3 is 2.85 bits per heavy atom. The lowest BCUT2D eigenvalue weighted by Gasteiger charge is -2.21. The molecule has 0 aromatic heterocycles. The highest BCUT2D eigenvalue weighted by Crippen LogP contribution is 2.26. The monoisotopic (exact) mass is 281 g/mol. The molecule has 1 unspecified atom stereocenters. The Bertz CT molecular complexity index is 566. The SMILES string of the molecule is O=C1CCC(C(=O)Nc2ccc(F)cc2[N+](=O)[O-])CN1. The van der Waals surface area contributed by atoms with Gasteiger partial charge in [0.1, 0.15) is 11.5 Å². The lowest BCUT2D eigenvalue weighted by atomic mass is 9.98. The van der Waals surface area contributed by atoms with Gasteiger partial charge >= 0.3 is 0 Å². The molecule has 0 bridgehead atoms. The number of anilines is 1. The van der Waals surface area contributed by atoms with Gasteiger partial charge in [0.15, 0.2) is 0 Å². The first-order chi connectivity index (χ1) is 9.47. The Morgan fingerprint density at radius 1 is 1.50 bits per heavy atom. The number of hydrogen-bond acceptors (Lipinski definition) is 4. The first-order valence-corrected chi connectivity index (χ1v) is 5.99. The molecular weight excluding hydrogens is 269 g/mol. The molecule has 1 aromatic carbocycles. The van der Waals surface area contributed by atoms with Crippen LogP contribution in [0.3, 0.4) is 0 Å². The molecule has 0 aliphatic carbocycles. The second kappa shape index (κ2) is 5.64. The minimum Gasteiger partial charge on any atom is -0.355 e. The molecule has 0 radical (unpaired) electrons. The van der Waals surface area contributed by atoms with Gasteiger partial charge in [0, 0.05) is 13.0 Å². The fourth-order valence-corrected chi connectivity index (χ4v) is 1.95. The summed E-state index contributed by atoms with van der Waals surface area (Å²) in [6.07, 6.45) is 0.621. The standard InChI is InChI=1S/C12H12FN3O4/c13-8-2-3-9(10(5-8)16(19)20)15-12(18)7-1-4-11(17)14-6-7/h2-3,5,7H,1,4,6H2,(H,14,17)(H,15,18). The highest BCUT2D eigenvalue weighted by molar-refractivity contribution is 5.95. The van der Waals surface area contributed by atoms with E-state index >= 15 is 0 Å². The Balaban J connectivity index is 2.11. The third-order valence-corrected chi connectivity index (χ3v) is 3.05. The van der Waals surface area contributed by atoms with Crippen LogP contribution in [0.1, 0.15) is 12.8 Å². The second-order valence-corrected chi connectivity index (χ2v) is 4.45. The van der Waals surface area contributed by atoms with Crippen molar-refractivity contribution in [3.05, 3.63) is 34.1 Å². The zero-order valence-electron chi connectivity index (χ0n) is 10.4. The topological polar surface area (TPSA) is 101 Å². The summed E-state index contributed by atoms with van der Waals surface area (Å²) in [4.78, 5) is 33.0. The van der Waals surface area contributed by atoms with E-state index < -0.39 is 28.3 Å². The third kappa shape index (κ3) is 3.08. The van der Waals surface area contributed by atoms with Gasteiger partial charge in [-0.3, -0.25) is 19.7 Å². The number of amides is 2. The minimum absolute atomic E-state index is 0.0571. The van der Waals surface area contributed by atoms with Gasteiger partial charge in [-0.05, 0) is 18.6 Å². The molecule has 8 heteroatoms. The second-order valence-electron chi connectivity index (χ2n) is 4.45. The van der Waals surface area contributed by atoms with Crippen molar-refractivity contribution in [3.8, 4) is 0 Å². The highest BCUT2D eigenvalue weighted by Gasteiger charge is 2.26. The van der Waals surface area contributed by atoms with Gasteiger partial charge in [-0.2, -0.15) is 0 Å². The molecule has 1 aliphatic heterocycles. The fraction of sp³-hybridized carbons (Fsp3) is 0.333. The van der Waals surface area contributed by atoms with E-state index in [0.717, 1.165) is 18.2 Å². The molecule has 0 spiro atoms. The average Bonchev–Trinajstić information content (AvgIpc) is 2.41. The molecule has 1 saturated heterocycles. The van der Waals surface area contributed by atoms with E-state index in [0.29, 0.717) is 6.42 Å². The Hall–Kier alpha value is -2.51. The summed E-state index contributed by atoms with van der Waals surface area (Å²) < 4.78 is 13.0. The van der Waals surface area contributed by atoms with Gasteiger partial charge in [0.2, 0.25) is 11.8 Å². The van der Waals surface area contributed by atoms with Crippen molar-refractivity contribution in [2.24, 2.45) is 5.92 Å². The van der Waals surface area contributed by atoms with Crippen molar-refractivity contribution in [1.29, 1.82) is 0 Å². The van der Waals surface area contributed by atoms with Crippen molar-refractivity contribution < 1.29 is 18.9 Å². The Labute approximate surface area is 113 Å². The van der Waals surface area contributed by atoms with E-state index in [9.17, 15) is 24.1 Å². The van der Waals surface area contributed by atoms with Crippen molar-refractivity contribution in [1.82, 2.24) is 5.32 Å². The van der Waals surface area contributed by atoms with Crippen molar-refractivity contribution in [2.45, 2.75) is 12.8 Å². The third-order valence-electron chi connectivity index (χ3n) is 3.05. The minimum atomic E-state index is -0.763. The summed E-state index contributed by atoms with van der Waals surface area (Å²) in [5.41, 5.74) is -0.559. The van der Waals surface area contributed by atoms with Gasteiger partial charge in [0.05, 0.1) is 16.9 Å². The van der Waals surface area contributed by atoms with Crippen LogP contribution in [0.15, 0.2) is 18.2 Å². The molecule has 0 saturated carbocycles. The number of carbonyl (C=O) groups is 2. The zero-order chi connectivity index (χ0) is 14.7. The molecular formula is C12H12FN3O4. The molecule has 1 fully saturated rings. The largest absolute Gasteiger partial charge is 0.355 e. The molecule has 2 amide bonds. The maximum absolute atomic E-state index is 13.0. The number of rotatable bonds is 3. The quantitative estimate of drug-likeness (QED) is 0.642. The zero-order valence-corrected chi connectivity index (χ0v) is 10.4. The van der Waals surface area contributed by atoms with Crippen molar-refractivity contribution in [3.63, 3.8) is 0 Å². The van der Waals surface area contributed by atoms with E-state index in [1.165, 1.54) is 0 Å². The Kier molecular flexibility index (Phi) is 3.92. The highest BCUT2D eigenvalue weighted by atomic mass is 19.1. The van der Waals surface area contributed by atoms with Gasteiger partial charge in [0.25, 0.3) is 5.69 Å². The number of nitro groups is 1. The summed E-state index contributed by atoms with van der Waals surface area (Å²) in [7, 11) is 0. The van der Waals surface area contributed by atoms with Crippen LogP contribution in [0.25, 0.3) is 0 Å². The fourth-order valence-electron chi connectivity index (χ4n) is 1.95. The van der Waals surface area contributed by atoms with Crippen LogP contribution in [0.5, 0.6) is 0 Å². The number of piperidine rings is 1. The van der Waals surface area contributed by atoms with Crippen LogP contribution in [-0.2, 0) is 9.59 Å². The van der Waals surface area contributed by atoms with E-state index in [2.05, 4.69) is 10.6 Å². The number of benzene rings is 1. The summed E-state index contributed by atoms with van der Waals surface area (Å²) in [5.74, 6) is -1.75. The van der Waals surface area contributed by atoms with E-state index in [-0.39, 0.29) is 24.6 Å². The molecule has 1 heterocycles. The van der Waals surface area contributed by atoms with Crippen LogP contribution in [0.2, 0.25) is 0 Å². The first kappa shape index (κ1) is 13.9. The maximum atomic E-state index is 13.0. The summed E-state index contributed by atoms with van der Waals surface area (Å²) in [5, 5.41) is 15.8. The normalized spacial score (nSPS) is 18.2. The van der Waals surface area contributed by atoms with Gasteiger partial charge in [-0.25, -0.2) is 4.39 Å². The summed E-state index contributed by atoms with van der Waals surface area (Å²) in [6.45, 7) is 0.194. The predicted octanol–water partition coefficient (Wildman–Crippen LogP) is 1.20. The number of nitrogens with one attached hydrogen (secondary N) is 2. The molecule has 20 heavy (non-hydrogen) atoms. The maximum Gasteiger partial charge on any atom is 0.295 e. The van der Waals surface area contributed by atoms with Gasteiger partial charge < -0.3 is 10.6 Å². The lowest BCUT2D eigenvalue weighted by molar-refractivity contribution is -0.384. The number of nitrogens with zero attached hydrogens (tertiary/aromatic N) is 1. The average molecular weight is 281 g/mol. The van der Waals surface area contributed by atoms with Crippen LogP contribution >= 0.6 is 0 Å². The molecule has 7 nitrogen and oxygen atoms in total. The number of carbonyl (C=O) groups excluding carboxylic acids is 2. The molecule has 2 rings (SSSR count). The molecule has 2 N–H and O–H groups in total. The van der Waals surface area contributed by atoms with E-state index in [4.69, 9.17) is 0 Å². The van der Waals surface area contributed by atoms with Crippen LogP contribution < -0.4 is 10.6 Å². The molecule has 1 aromatic rings. The van der Waals surface area contributed by atoms with Crippen LogP contribution in [0, 0.1) is 21.8 Å². The molecule has 106 valence electrons. The predicted molar refractivity (Wildman–Crippen MR) is 67.4 cm³/mol. The van der Waals surface area contributed by atoms with Crippen molar-refractivity contribution in [2.75, 3.05) is 11.9 Å². The smallest absolute Gasteiger partial charge is 0.295 e. The van der Waals surface area contributed by atoms with Gasteiger partial charge in [-0.1, -0.05) is 0 Å². The molecule has 1 aliphatic rings. The lowest BCUT2D eigenvalue weighted by Crippen LogP contribution is -2.40. The number of halogens is 1. The van der Waals surface area contributed by atoms with Crippen LogP contribution in [0.4, 0.5) is 15.8 Å². The number of nitro benzene ring substituents is 1. The van der Waals surface area contributed by atoms with E-state index in [1.807, 2.05) is 0 Å². The summed E-state index contributed by atoms with van der Waals surface area (Å²) >= 11 is 0. The van der Waals surface area contributed by atoms with Crippen LogP contribution in [-0.4, -0.2) is 23.3 Å². The first-order valence-electron chi connectivity index (χ1n) is 5.99. The summed E-state index contributed by atoms with van der Waals surface area (Å²) in [6, 6.07) is 2.93.